The summed E-state index contributed by atoms with van der Waals surface area (Å²) in [5, 5.41) is 4.01. The number of amides is 1. The van der Waals surface area contributed by atoms with Crippen LogP contribution in [0.15, 0.2) is 24.3 Å². The normalized spacial score (nSPS) is 22.3. The minimum atomic E-state index is -0.276. The highest BCUT2D eigenvalue weighted by Gasteiger charge is 2.25. The Bertz CT molecular complexity index is 642. The molecule has 0 bridgehead atoms. The number of hydrogen-bond acceptors (Lipinski definition) is 2. The fourth-order valence-electron chi connectivity index (χ4n) is 2.65. The Hall–Kier alpha value is -1.13. The maximum absolute atomic E-state index is 13.1. The number of carbonyl (C=O) groups excluding carboxylic acids is 1. The van der Waals surface area contributed by atoms with Crippen molar-refractivity contribution in [1.29, 1.82) is 0 Å². The first-order valence-electron chi connectivity index (χ1n) is 6.75. The smallest absolute Gasteiger partial charge is 0.261 e. The predicted molar refractivity (Wildman–Crippen MR) is 81.1 cm³/mol. The molecule has 2 unspecified atom stereocenters. The molecule has 1 aliphatic rings. The summed E-state index contributed by atoms with van der Waals surface area (Å²) in [7, 11) is 0. The molecule has 0 aliphatic heterocycles. The van der Waals surface area contributed by atoms with E-state index in [4.69, 9.17) is 11.6 Å². The van der Waals surface area contributed by atoms with Crippen molar-refractivity contribution in [1.82, 2.24) is 5.32 Å². The first-order chi connectivity index (χ1) is 9.63. The molecular formula is C15H15ClFNOS. The van der Waals surface area contributed by atoms with Gasteiger partial charge in [0.2, 0.25) is 0 Å². The van der Waals surface area contributed by atoms with Crippen molar-refractivity contribution in [2.75, 3.05) is 6.54 Å². The number of carbonyl (C=O) groups is 1. The lowest BCUT2D eigenvalue weighted by Crippen LogP contribution is -2.30. The lowest BCUT2D eigenvalue weighted by Gasteiger charge is -2.13. The minimum Gasteiger partial charge on any atom is -0.351 e. The van der Waals surface area contributed by atoms with Gasteiger partial charge in [-0.3, -0.25) is 4.79 Å². The van der Waals surface area contributed by atoms with Crippen LogP contribution >= 0.6 is 22.9 Å². The standard InChI is InChI=1S/C15H15ClFNOS/c16-12-3-1-2-10(12)8-18-15(19)14-6-9-4-5-11(17)7-13(9)20-14/h4-7,10,12H,1-3,8H2,(H,18,19). The highest BCUT2D eigenvalue weighted by molar-refractivity contribution is 7.20. The van der Waals surface area contributed by atoms with E-state index in [2.05, 4.69) is 5.32 Å². The number of fused-ring (bicyclic) bond motifs is 1. The van der Waals surface area contributed by atoms with E-state index in [-0.39, 0.29) is 17.1 Å². The van der Waals surface area contributed by atoms with Gasteiger partial charge in [0.25, 0.3) is 5.91 Å². The molecule has 2 aromatic rings. The Morgan fingerprint density at radius 3 is 3.00 bits per heavy atom. The van der Waals surface area contributed by atoms with Crippen LogP contribution in [0.2, 0.25) is 0 Å². The number of hydrogen-bond donors (Lipinski definition) is 1. The third kappa shape index (κ3) is 2.81. The van der Waals surface area contributed by atoms with Crippen molar-refractivity contribution in [3.63, 3.8) is 0 Å². The molecule has 5 heteroatoms. The van der Waals surface area contributed by atoms with E-state index in [1.165, 1.54) is 23.5 Å². The van der Waals surface area contributed by atoms with Gasteiger partial charge in [-0.15, -0.1) is 22.9 Å². The zero-order valence-corrected chi connectivity index (χ0v) is 12.4. The maximum Gasteiger partial charge on any atom is 0.261 e. The maximum atomic E-state index is 13.1. The molecule has 2 nitrogen and oxygen atoms in total. The SMILES string of the molecule is O=C(NCC1CCCC1Cl)c1cc2ccc(F)cc2s1. The van der Waals surface area contributed by atoms with Crippen molar-refractivity contribution in [2.45, 2.75) is 24.6 Å². The zero-order valence-electron chi connectivity index (χ0n) is 10.9. The van der Waals surface area contributed by atoms with Crippen LogP contribution in [0.5, 0.6) is 0 Å². The fraction of sp³-hybridized carbons (Fsp3) is 0.400. The van der Waals surface area contributed by atoms with Crippen LogP contribution in [0.1, 0.15) is 28.9 Å². The van der Waals surface area contributed by atoms with E-state index in [0.29, 0.717) is 17.3 Å². The molecule has 20 heavy (non-hydrogen) atoms. The summed E-state index contributed by atoms with van der Waals surface area (Å²) in [5.74, 6) is -0.00272. The molecule has 1 heterocycles. The van der Waals surface area contributed by atoms with Crippen molar-refractivity contribution in [3.8, 4) is 0 Å². The second-order valence-corrected chi connectivity index (χ2v) is 6.85. The molecule has 1 amide bonds. The summed E-state index contributed by atoms with van der Waals surface area (Å²) >= 11 is 7.52. The molecule has 1 fully saturated rings. The quantitative estimate of drug-likeness (QED) is 0.847. The van der Waals surface area contributed by atoms with E-state index < -0.39 is 0 Å². The molecule has 3 rings (SSSR count). The predicted octanol–water partition coefficient (Wildman–Crippen LogP) is 4.18. The first-order valence-corrected chi connectivity index (χ1v) is 8.00. The number of thiophene rings is 1. The van der Waals surface area contributed by atoms with Gasteiger partial charge < -0.3 is 5.32 Å². The van der Waals surface area contributed by atoms with Gasteiger partial charge in [0.1, 0.15) is 5.82 Å². The van der Waals surface area contributed by atoms with E-state index in [1.807, 2.05) is 6.07 Å². The van der Waals surface area contributed by atoms with Crippen molar-refractivity contribution in [2.24, 2.45) is 5.92 Å². The van der Waals surface area contributed by atoms with Gasteiger partial charge >= 0.3 is 0 Å². The Morgan fingerprint density at radius 1 is 1.40 bits per heavy atom. The number of halogens is 2. The van der Waals surface area contributed by atoms with Crippen molar-refractivity contribution >= 4 is 38.9 Å². The molecule has 1 aromatic carbocycles. The van der Waals surface area contributed by atoms with E-state index in [1.54, 1.807) is 6.07 Å². The van der Waals surface area contributed by atoms with Gasteiger partial charge in [0.05, 0.1) is 4.88 Å². The summed E-state index contributed by atoms with van der Waals surface area (Å²) in [6.07, 6.45) is 3.24. The Balaban J connectivity index is 1.69. The van der Waals surface area contributed by atoms with Gasteiger partial charge in [-0.25, -0.2) is 4.39 Å². The number of alkyl halides is 1. The molecule has 1 saturated carbocycles. The van der Waals surface area contributed by atoms with Crippen LogP contribution in [0.4, 0.5) is 4.39 Å². The fourth-order valence-corrected chi connectivity index (χ4v) is 4.02. The Morgan fingerprint density at radius 2 is 2.25 bits per heavy atom. The highest BCUT2D eigenvalue weighted by Crippen LogP contribution is 2.30. The van der Waals surface area contributed by atoms with Gasteiger partial charge in [-0.1, -0.05) is 12.5 Å². The molecule has 0 radical (unpaired) electrons. The topological polar surface area (TPSA) is 29.1 Å². The third-order valence-corrected chi connectivity index (χ3v) is 5.47. The average Bonchev–Trinajstić information content (AvgIpc) is 3.01. The van der Waals surface area contributed by atoms with Crippen molar-refractivity contribution in [3.05, 3.63) is 35.0 Å². The molecule has 0 spiro atoms. The summed E-state index contributed by atoms with van der Waals surface area (Å²) in [6, 6.07) is 6.38. The molecule has 106 valence electrons. The number of rotatable bonds is 3. The van der Waals surface area contributed by atoms with Crippen LogP contribution in [0.25, 0.3) is 10.1 Å². The minimum absolute atomic E-state index is 0.0950. The van der Waals surface area contributed by atoms with Gasteiger partial charge in [0.15, 0.2) is 0 Å². The Labute approximate surface area is 125 Å². The van der Waals surface area contributed by atoms with Crippen LogP contribution in [0.3, 0.4) is 0 Å². The molecular weight excluding hydrogens is 297 g/mol. The lowest BCUT2D eigenvalue weighted by atomic mass is 10.1. The summed E-state index contributed by atoms with van der Waals surface area (Å²) in [6.45, 7) is 0.621. The van der Waals surface area contributed by atoms with Crippen LogP contribution in [-0.4, -0.2) is 17.8 Å². The first kappa shape index (κ1) is 13.8. The molecule has 1 aliphatic carbocycles. The molecule has 1 N–H and O–H groups in total. The number of nitrogens with one attached hydrogen (secondary N) is 1. The van der Waals surface area contributed by atoms with Crippen LogP contribution in [0, 0.1) is 11.7 Å². The van der Waals surface area contributed by atoms with Gasteiger partial charge in [0, 0.05) is 16.6 Å². The van der Waals surface area contributed by atoms with Gasteiger partial charge in [-0.2, -0.15) is 0 Å². The molecule has 1 aromatic heterocycles. The monoisotopic (exact) mass is 311 g/mol. The zero-order chi connectivity index (χ0) is 14.1. The summed E-state index contributed by atoms with van der Waals surface area (Å²) in [4.78, 5) is 12.7. The van der Waals surface area contributed by atoms with Crippen molar-refractivity contribution < 1.29 is 9.18 Å². The third-order valence-electron chi connectivity index (χ3n) is 3.80. The Kier molecular flexibility index (Phi) is 3.94. The summed E-state index contributed by atoms with van der Waals surface area (Å²) in [5.41, 5.74) is 0. The highest BCUT2D eigenvalue weighted by atomic mass is 35.5. The second kappa shape index (κ2) is 5.70. The lowest BCUT2D eigenvalue weighted by molar-refractivity contribution is 0.0952. The van der Waals surface area contributed by atoms with E-state index >= 15 is 0 Å². The average molecular weight is 312 g/mol. The van der Waals surface area contributed by atoms with Crippen LogP contribution in [-0.2, 0) is 0 Å². The van der Waals surface area contributed by atoms with E-state index in [0.717, 1.165) is 29.3 Å². The van der Waals surface area contributed by atoms with Gasteiger partial charge in [-0.05, 0) is 42.3 Å². The summed E-state index contributed by atoms with van der Waals surface area (Å²) < 4.78 is 13.9. The molecule has 0 saturated heterocycles. The molecule has 2 atom stereocenters. The van der Waals surface area contributed by atoms with E-state index in [9.17, 15) is 9.18 Å². The largest absolute Gasteiger partial charge is 0.351 e. The second-order valence-electron chi connectivity index (χ2n) is 5.21. The van der Waals surface area contributed by atoms with Crippen LogP contribution < -0.4 is 5.32 Å². The number of benzene rings is 1.